The van der Waals surface area contributed by atoms with Crippen LogP contribution in [0, 0.1) is 0 Å². The van der Waals surface area contributed by atoms with E-state index in [1.165, 1.54) is 4.88 Å². The van der Waals surface area contributed by atoms with Crippen LogP contribution < -0.4 is 5.73 Å². The van der Waals surface area contributed by atoms with Crippen LogP contribution in [-0.4, -0.2) is 9.55 Å². The Hall–Kier alpha value is -1.59. The lowest BCUT2D eigenvalue weighted by Crippen LogP contribution is -1.99. The van der Waals surface area contributed by atoms with E-state index in [2.05, 4.69) is 37.6 Å². The highest BCUT2D eigenvalue weighted by Gasteiger charge is 2.07. The Balaban J connectivity index is 1.94. The van der Waals surface area contributed by atoms with Crippen LogP contribution in [0.25, 0.3) is 11.4 Å². The smallest absolute Gasteiger partial charge is 0.140 e. The van der Waals surface area contributed by atoms with Crippen molar-refractivity contribution < 1.29 is 0 Å². The summed E-state index contributed by atoms with van der Waals surface area (Å²) in [5.74, 6) is 0.942. The normalized spacial score (nSPS) is 10.8. The lowest BCUT2D eigenvalue weighted by atomic mass is 10.2. The summed E-state index contributed by atoms with van der Waals surface area (Å²) >= 11 is 5.22. The van der Waals surface area contributed by atoms with Gasteiger partial charge in [-0.1, -0.05) is 12.1 Å². The van der Waals surface area contributed by atoms with Gasteiger partial charge in [0.1, 0.15) is 5.82 Å². The number of anilines is 1. The minimum absolute atomic E-state index is 0.755. The Morgan fingerprint density at radius 2 is 2.16 bits per heavy atom. The lowest BCUT2D eigenvalue weighted by molar-refractivity contribution is 0.820. The average Bonchev–Trinajstić information content (AvgIpc) is 2.99. The van der Waals surface area contributed by atoms with Gasteiger partial charge in [0.2, 0.25) is 0 Å². The standard InChI is InChI=1S/C14H12BrN3S/c15-13-5-4-12(19-13)9-18-7-6-17-14(18)10-2-1-3-11(16)8-10/h1-8H,9,16H2. The topological polar surface area (TPSA) is 43.8 Å². The minimum Gasteiger partial charge on any atom is -0.399 e. The number of benzene rings is 1. The molecule has 1 aromatic carbocycles. The fourth-order valence-electron chi connectivity index (χ4n) is 1.98. The molecule has 0 aliphatic rings. The summed E-state index contributed by atoms with van der Waals surface area (Å²) in [6.45, 7) is 0.820. The van der Waals surface area contributed by atoms with Gasteiger partial charge in [-0.15, -0.1) is 11.3 Å². The summed E-state index contributed by atoms with van der Waals surface area (Å²) in [5, 5.41) is 0. The van der Waals surface area contributed by atoms with Crippen LogP contribution in [-0.2, 0) is 6.54 Å². The monoisotopic (exact) mass is 333 g/mol. The molecule has 0 radical (unpaired) electrons. The van der Waals surface area contributed by atoms with E-state index in [0.29, 0.717) is 0 Å². The number of nitrogens with zero attached hydrogens (tertiary/aromatic N) is 2. The van der Waals surface area contributed by atoms with E-state index in [-0.39, 0.29) is 0 Å². The molecule has 0 amide bonds. The molecule has 0 unspecified atom stereocenters. The number of hydrogen-bond acceptors (Lipinski definition) is 3. The SMILES string of the molecule is Nc1cccc(-c2nccn2Cc2ccc(Br)s2)c1. The van der Waals surface area contributed by atoms with Crippen LogP contribution >= 0.6 is 27.3 Å². The highest BCUT2D eigenvalue weighted by atomic mass is 79.9. The molecule has 3 aromatic rings. The number of thiophene rings is 1. The summed E-state index contributed by atoms with van der Waals surface area (Å²) in [6, 6.07) is 12.0. The van der Waals surface area contributed by atoms with Crippen molar-refractivity contribution in [2.24, 2.45) is 0 Å². The first-order valence-corrected chi connectivity index (χ1v) is 7.44. The molecule has 5 heteroatoms. The first-order valence-electron chi connectivity index (χ1n) is 5.83. The van der Waals surface area contributed by atoms with Crippen molar-refractivity contribution in [3.8, 4) is 11.4 Å². The van der Waals surface area contributed by atoms with Crippen molar-refractivity contribution >= 4 is 33.0 Å². The van der Waals surface area contributed by atoms with Crippen molar-refractivity contribution in [3.05, 3.63) is 57.5 Å². The van der Waals surface area contributed by atoms with Crippen LogP contribution in [0.4, 0.5) is 5.69 Å². The molecule has 0 fully saturated rings. The van der Waals surface area contributed by atoms with Crippen molar-refractivity contribution in [1.82, 2.24) is 9.55 Å². The zero-order chi connectivity index (χ0) is 13.2. The molecule has 0 saturated heterocycles. The Morgan fingerprint density at radius 3 is 2.89 bits per heavy atom. The maximum atomic E-state index is 5.83. The number of hydrogen-bond donors (Lipinski definition) is 1. The Bertz CT molecular complexity index is 702. The second-order valence-corrected chi connectivity index (χ2v) is 6.76. The second-order valence-electron chi connectivity index (χ2n) is 4.21. The fourth-order valence-corrected chi connectivity index (χ4v) is 3.46. The molecule has 0 bridgehead atoms. The largest absolute Gasteiger partial charge is 0.399 e. The zero-order valence-electron chi connectivity index (χ0n) is 10.1. The van der Waals surface area contributed by atoms with Crippen LogP contribution in [0.15, 0.2) is 52.6 Å². The summed E-state index contributed by atoms with van der Waals surface area (Å²) in [4.78, 5) is 5.72. The summed E-state index contributed by atoms with van der Waals surface area (Å²) in [6.07, 6.45) is 3.81. The number of imidazole rings is 1. The van der Waals surface area contributed by atoms with E-state index in [4.69, 9.17) is 5.73 Å². The Kier molecular flexibility index (Phi) is 3.40. The number of rotatable bonds is 3. The molecule has 3 nitrogen and oxygen atoms in total. The number of nitrogen functional groups attached to an aromatic ring is 1. The van der Waals surface area contributed by atoms with Gasteiger partial charge in [-0.2, -0.15) is 0 Å². The van der Waals surface area contributed by atoms with Gasteiger partial charge in [-0.05, 0) is 40.2 Å². The summed E-state index contributed by atoms with van der Waals surface area (Å²) < 4.78 is 3.28. The molecule has 0 spiro atoms. The quantitative estimate of drug-likeness (QED) is 0.736. The molecule has 0 aliphatic heterocycles. The third kappa shape index (κ3) is 2.72. The van der Waals surface area contributed by atoms with Gasteiger partial charge in [0.25, 0.3) is 0 Å². The third-order valence-electron chi connectivity index (χ3n) is 2.82. The van der Waals surface area contributed by atoms with E-state index in [1.807, 2.05) is 36.7 Å². The maximum absolute atomic E-state index is 5.83. The molecule has 96 valence electrons. The number of aromatic nitrogens is 2. The van der Waals surface area contributed by atoms with Crippen LogP contribution in [0.3, 0.4) is 0 Å². The van der Waals surface area contributed by atoms with Crippen molar-refractivity contribution in [3.63, 3.8) is 0 Å². The Labute approximate surface area is 123 Å². The lowest BCUT2D eigenvalue weighted by Gasteiger charge is -2.07. The minimum atomic E-state index is 0.755. The van der Waals surface area contributed by atoms with Gasteiger partial charge in [0.05, 0.1) is 10.3 Å². The van der Waals surface area contributed by atoms with E-state index in [9.17, 15) is 0 Å². The maximum Gasteiger partial charge on any atom is 0.140 e. The first-order chi connectivity index (χ1) is 9.22. The highest BCUT2D eigenvalue weighted by molar-refractivity contribution is 9.11. The van der Waals surface area contributed by atoms with Crippen molar-refractivity contribution in [2.45, 2.75) is 6.54 Å². The van der Waals surface area contributed by atoms with Gasteiger partial charge < -0.3 is 10.3 Å². The van der Waals surface area contributed by atoms with E-state index >= 15 is 0 Å². The fraction of sp³-hybridized carbons (Fsp3) is 0.0714. The highest BCUT2D eigenvalue weighted by Crippen LogP contribution is 2.25. The Morgan fingerprint density at radius 1 is 1.26 bits per heavy atom. The number of nitrogens with two attached hydrogens (primary N) is 1. The molecule has 2 aromatic heterocycles. The van der Waals surface area contributed by atoms with E-state index in [0.717, 1.165) is 27.4 Å². The molecular formula is C14H12BrN3S. The van der Waals surface area contributed by atoms with Gasteiger partial charge in [0, 0.05) is 28.5 Å². The molecule has 3 rings (SSSR count). The van der Waals surface area contributed by atoms with Crippen LogP contribution in [0.5, 0.6) is 0 Å². The molecule has 0 saturated carbocycles. The predicted molar refractivity (Wildman–Crippen MR) is 83.2 cm³/mol. The second kappa shape index (κ2) is 5.19. The zero-order valence-corrected chi connectivity index (χ0v) is 12.5. The summed E-state index contributed by atoms with van der Waals surface area (Å²) in [7, 11) is 0. The predicted octanol–water partition coefficient (Wildman–Crippen LogP) is 4.00. The average molecular weight is 334 g/mol. The van der Waals surface area contributed by atoms with E-state index in [1.54, 1.807) is 11.3 Å². The van der Waals surface area contributed by atoms with Gasteiger partial charge in [-0.3, -0.25) is 0 Å². The summed E-state index contributed by atoms with van der Waals surface area (Å²) in [5.41, 5.74) is 7.63. The van der Waals surface area contributed by atoms with Gasteiger partial charge in [-0.25, -0.2) is 4.98 Å². The molecule has 0 aliphatic carbocycles. The van der Waals surface area contributed by atoms with Crippen molar-refractivity contribution in [1.29, 1.82) is 0 Å². The van der Waals surface area contributed by atoms with Crippen LogP contribution in [0.1, 0.15) is 4.88 Å². The molecular weight excluding hydrogens is 322 g/mol. The van der Waals surface area contributed by atoms with Gasteiger partial charge >= 0.3 is 0 Å². The van der Waals surface area contributed by atoms with Gasteiger partial charge in [0.15, 0.2) is 0 Å². The molecule has 2 heterocycles. The first kappa shape index (κ1) is 12.4. The third-order valence-corrected chi connectivity index (χ3v) is 4.42. The van der Waals surface area contributed by atoms with Crippen molar-refractivity contribution in [2.75, 3.05) is 5.73 Å². The number of halogens is 1. The molecule has 2 N–H and O–H groups in total. The molecule has 19 heavy (non-hydrogen) atoms. The van der Waals surface area contributed by atoms with Crippen LogP contribution in [0.2, 0.25) is 0 Å². The molecule has 0 atom stereocenters. The van der Waals surface area contributed by atoms with E-state index < -0.39 is 0 Å².